The highest BCUT2D eigenvalue weighted by atomic mass is 31.2. The maximum atomic E-state index is 3.88. The highest BCUT2D eigenvalue weighted by Gasteiger charge is 2.35. The molecule has 62 valence electrons. The predicted molar refractivity (Wildman–Crippen MR) is 54.0 cm³/mol. The highest BCUT2D eigenvalue weighted by Crippen LogP contribution is 2.61. The molecule has 1 saturated heterocycles. The molecule has 1 aliphatic rings. The Kier molecular flexibility index (Phi) is 2.86. The Morgan fingerprint density at radius 3 is 2.00 bits per heavy atom. The standard InChI is InChI=1S/C9H17NP/c1-4-11(3,5-2)10-8-6-7-9-10/h4-5H,1-2,6-9H2,3H3/q+1. The lowest BCUT2D eigenvalue weighted by Gasteiger charge is -2.23. The molecule has 0 aromatic carbocycles. The molecule has 1 heterocycles. The van der Waals surface area contributed by atoms with Crippen LogP contribution >= 0.6 is 7.41 Å². The van der Waals surface area contributed by atoms with Crippen molar-refractivity contribution in [2.24, 2.45) is 0 Å². The minimum absolute atomic E-state index is 1.12. The topological polar surface area (TPSA) is 3.24 Å². The van der Waals surface area contributed by atoms with E-state index in [0.29, 0.717) is 0 Å². The van der Waals surface area contributed by atoms with Crippen molar-refractivity contribution in [2.45, 2.75) is 12.8 Å². The predicted octanol–water partition coefficient (Wildman–Crippen LogP) is 2.93. The Morgan fingerprint density at radius 2 is 1.64 bits per heavy atom. The highest BCUT2D eigenvalue weighted by molar-refractivity contribution is 7.78. The largest absolute Gasteiger partial charge is 0.172 e. The van der Waals surface area contributed by atoms with Crippen molar-refractivity contribution in [2.75, 3.05) is 19.8 Å². The SMILES string of the molecule is C=C[P+](C)(C=C)N1CCCC1. The van der Waals surface area contributed by atoms with E-state index in [1.165, 1.54) is 25.9 Å². The van der Waals surface area contributed by atoms with Gasteiger partial charge in [0.1, 0.15) is 7.41 Å². The summed E-state index contributed by atoms with van der Waals surface area (Å²) in [6, 6.07) is 0. The van der Waals surface area contributed by atoms with Crippen LogP contribution in [0.3, 0.4) is 0 Å². The molecule has 2 heteroatoms. The number of hydrogen-bond acceptors (Lipinski definition) is 1. The summed E-state index contributed by atoms with van der Waals surface area (Å²) >= 11 is 0. The summed E-state index contributed by atoms with van der Waals surface area (Å²) in [5, 5.41) is 0. The van der Waals surface area contributed by atoms with Crippen LogP contribution in [0, 0.1) is 0 Å². The molecular weight excluding hydrogens is 153 g/mol. The van der Waals surface area contributed by atoms with Crippen LogP contribution in [0.1, 0.15) is 12.8 Å². The summed E-state index contributed by atoms with van der Waals surface area (Å²) in [5.74, 6) is 4.18. The molecule has 1 aliphatic heterocycles. The molecule has 11 heavy (non-hydrogen) atoms. The van der Waals surface area contributed by atoms with E-state index in [0.717, 1.165) is 0 Å². The van der Waals surface area contributed by atoms with E-state index in [1.54, 1.807) is 0 Å². The zero-order valence-corrected chi connectivity index (χ0v) is 8.19. The normalized spacial score (nSPS) is 20.1. The molecule has 1 rings (SSSR count). The molecule has 0 N–H and O–H groups in total. The van der Waals surface area contributed by atoms with Gasteiger partial charge in [0, 0.05) is 13.1 Å². The van der Waals surface area contributed by atoms with Crippen LogP contribution in [0.5, 0.6) is 0 Å². The molecule has 0 aromatic rings. The first-order valence-corrected chi connectivity index (χ1v) is 6.44. The van der Waals surface area contributed by atoms with Crippen molar-refractivity contribution >= 4 is 7.41 Å². The first kappa shape index (κ1) is 8.96. The quantitative estimate of drug-likeness (QED) is 0.588. The summed E-state index contributed by atoms with van der Waals surface area (Å²) in [7, 11) is -1.12. The fraction of sp³-hybridized carbons (Fsp3) is 0.556. The Balaban J connectivity index is 2.66. The van der Waals surface area contributed by atoms with E-state index in [4.69, 9.17) is 0 Å². The van der Waals surface area contributed by atoms with Crippen molar-refractivity contribution in [3.63, 3.8) is 0 Å². The zero-order chi connectivity index (χ0) is 8.32. The Labute approximate surface area is 70.2 Å². The average molecular weight is 170 g/mol. The maximum absolute atomic E-state index is 3.88. The average Bonchev–Trinajstić information content (AvgIpc) is 2.55. The van der Waals surface area contributed by atoms with E-state index in [9.17, 15) is 0 Å². The molecule has 0 aromatic heterocycles. The first-order chi connectivity index (χ1) is 5.23. The summed E-state index contributed by atoms with van der Waals surface area (Å²) < 4.78 is 2.53. The molecule has 0 spiro atoms. The first-order valence-electron chi connectivity index (χ1n) is 4.11. The van der Waals surface area contributed by atoms with Gasteiger partial charge in [0.05, 0.1) is 18.3 Å². The van der Waals surface area contributed by atoms with Crippen LogP contribution in [0.2, 0.25) is 0 Å². The van der Waals surface area contributed by atoms with Gasteiger partial charge in [-0.2, -0.15) is 4.67 Å². The van der Waals surface area contributed by atoms with E-state index >= 15 is 0 Å². The van der Waals surface area contributed by atoms with E-state index in [-0.39, 0.29) is 0 Å². The molecular formula is C9H17NP+. The second-order valence-corrected chi connectivity index (χ2v) is 6.61. The van der Waals surface area contributed by atoms with E-state index in [1.807, 2.05) is 0 Å². The molecule has 0 radical (unpaired) electrons. The zero-order valence-electron chi connectivity index (χ0n) is 7.29. The fourth-order valence-corrected chi connectivity index (χ4v) is 3.19. The minimum atomic E-state index is -1.12. The summed E-state index contributed by atoms with van der Waals surface area (Å²) in [6.07, 6.45) is 2.69. The van der Waals surface area contributed by atoms with Gasteiger partial charge in [0.15, 0.2) is 0 Å². The van der Waals surface area contributed by atoms with Crippen molar-refractivity contribution in [1.29, 1.82) is 0 Å². The summed E-state index contributed by atoms with van der Waals surface area (Å²) in [6.45, 7) is 12.5. The van der Waals surface area contributed by atoms with Crippen molar-refractivity contribution in [1.82, 2.24) is 4.67 Å². The third-order valence-electron chi connectivity index (χ3n) is 2.43. The van der Waals surface area contributed by atoms with Crippen LogP contribution < -0.4 is 0 Å². The van der Waals surface area contributed by atoms with E-state index < -0.39 is 7.41 Å². The Morgan fingerprint density at radius 1 is 1.18 bits per heavy atom. The second kappa shape index (κ2) is 3.51. The van der Waals surface area contributed by atoms with Crippen LogP contribution in [-0.2, 0) is 0 Å². The van der Waals surface area contributed by atoms with Crippen LogP contribution in [0.4, 0.5) is 0 Å². The van der Waals surface area contributed by atoms with Crippen molar-refractivity contribution in [3.05, 3.63) is 24.8 Å². The van der Waals surface area contributed by atoms with Gasteiger partial charge in [0.2, 0.25) is 0 Å². The molecule has 0 atom stereocenters. The van der Waals surface area contributed by atoms with Gasteiger partial charge in [-0.3, -0.25) is 0 Å². The third kappa shape index (κ3) is 1.72. The van der Waals surface area contributed by atoms with Gasteiger partial charge in [-0.05, 0) is 12.8 Å². The third-order valence-corrected chi connectivity index (χ3v) is 5.53. The van der Waals surface area contributed by atoms with Crippen LogP contribution in [-0.4, -0.2) is 24.4 Å². The lowest BCUT2D eigenvalue weighted by Crippen LogP contribution is -2.16. The molecule has 0 saturated carbocycles. The Bertz CT molecular complexity index is 151. The maximum Gasteiger partial charge on any atom is 0.129 e. The second-order valence-electron chi connectivity index (χ2n) is 3.12. The fourth-order valence-electron chi connectivity index (χ4n) is 1.44. The van der Waals surface area contributed by atoms with Crippen LogP contribution in [0.15, 0.2) is 24.8 Å². The molecule has 1 nitrogen and oxygen atoms in total. The molecule has 0 aliphatic carbocycles. The Hall–Kier alpha value is -0.130. The minimum Gasteiger partial charge on any atom is -0.172 e. The monoisotopic (exact) mass is 170 g/mol. The molecule has 0 bridgehead atoms. The van der Waals surface area contributed by atoms with Gasteiger partial charge in [-0.15, -0.1) is 0 Å². The smallest absolute Gasteiger partial charge is 0.129 e. The van der Waals surface area contributed by atoms with Gasteiger partial charge in [-0.1, -0.05) is 13.2 Å². The van der Waals surface area contributed by atoms with Crippen molar-refractivity contribution in [3.8, 4) is 0 Å². The molecule has 1 fully saturated rings. The number of nitrogens with zero attached hydrogens (tertiary/aromatic N) is 1. The van der Waals surface area contributed by atoms with Gasteiger partial charge < -0.3 is 0 Å². The lowest BCUT2D eigenvalue weighted by molar-refractivity contribution is 0.565. The van der Waals surface area contributed by atoms with Crippen molar-refractivity contribution < 1.29 is 0 Å². The van der Waals surface area contributed by atoms with E-state index in [2.05, 4.69) is 36.1 Å². The van der Waals surface area contributed by atoms with Gasteiger partial charge in [0.25, 0.3) is 0 Å². The van der Waals surface area contributed by atoms with Gasteiger partial charge in [-0.25, -0.2) is 0 Å². The summed E-state index contributed by atoms with van der Waals surface area (Å²) in [4.78, 5) is 0. The molecule has 0 unspecified atom stereocenters. The summed E-state index contributed by atoms with van der Waals surface area (Å²) in [5.41, 5.74) is 0. The van der Waals surface area contributed by atoms with Gasteiger partial charge >= 0.3 is 0 Å². The van der Waals surface area contributed by atoms with Crippen LogP contribution in [0.25, 0.3) is 0 Å². The number of hydrogen-bond donors (Lipinski definition) is 0. The lowest BCUT2D eigenvalue weighted by atomic mass is 10.4. The molecule has 0 amide bonds. The number of rotatable bonds is 3.